The lowest BCUT2D eigenvalue weighted by Gasteiger charge is -2.07. The first kappa shape index (κ1) is 19.0. The van der Waals surface area contributed by atoms with E-state index in [-0.39, 0.29) is 6.42 Å². The van der Waals surface area contributed by atoms with Crippen LogP contribution in [0, 0.1) is 0 Å². The van der Waals surface area contributed by atoms with Crippen molar-refractivity contribution in [1.82, 2.24) is 0 Å². The molecule has 0 spiro atoms. The molecule has 2 aromatic carbocycles. The number of hydrogen-bond donors (Lipinski definition) is 1. The second kappa shape index (κ2) is 11.3. The average Bonchev–Trinajstić information content (AvgIpc) is 2.63. The number of unbranched alkanes of at least 4 members (excludes halogenated alkanes) is 3. The number of rotatable bonds is 12. The van der Waals surface area contributed by atoms with E-state index in [4.69, 9.17) is 9.84 Å². The number of carboxylic acid groups (broad SMARTS) is 1. The Morgan fingerprint density at radius 1 is 0.760 bits per heavy atom. The van der Waals surface area contributed by atoms with Gasteiger partial charge in [0.05, 0.1) is 6.61 Å². The maximum atomic E-state index is 10.4. The second-order valence-corrected chi connectivity index (χ2v) is 6.39. The van der Waals surface area contributed by atoms with Gasteiger partial charge in [0.15, 0.2) is 0 Å². The Kier molecular flexibility index (Phi) is 8.60. The molecule has 134 valence electrons. The van der Waals surface area contributed by atoms with E-state index in [1.165, 1.54) is 11.1 Å². The van der Waals surface area contributed by atoms with Gasteiger partial charge in [-0.3, -0.25) is 4.79 Å². The lowest BCUT2D eigenvalue weighted by molar-refractivity contribution is -0.137. The van der Waals surface area contributed by atoms with Gasteiger partial charge in [-0.15, -0.1) is 0 Å². The SMILES string of the molecule is O=C(O)CCCCCCc1ccc(OCCCc2ccccc2)cc1. The van der Waals surface area contributed by atoms with Gasteiger partial charge in [-0.2, -0.15) is 0 Å². The average molecular weight is 340 g/mol. The van der Waals surface area contributed by atoms with Gasteiger partial charge in [-0.25, -0.2) is 0 Å². The van der Waals surface area contributed by atoms with Crippen molar-refractivity contribution in [3.8, 4) is 5.75 Å². The minimum absolute atomic E-state index is 0.288. The first-order valence-electron chi connectivity index (χ1n) is 9.21. The topological polar surface area (TPSA) is 46.5 Å². The van der Waals surface area contributed by atoms with Crippen LogP contribution in [0.4, 0.5) is 0 Å². The molecule has 0 atom stereocenters. The van der Waals surface area contributed by atoms with Crippen molar-refractivity contribution >= 4 is 5.97 Å². The van der Waals surface area contributed by atoms with Crippen molar-refractivity contribution in [2.45, 2.75) is 51.4 Å². The Balaban J connectivity index is 1.57. The minimum Gasteiger partial charge on any atom is -0.494 e. The van der Waals surface area contributed by atoms with Gasteiger partial charge in [0.1, 0.15) is 5.75 Å². The van der Waals surface area contributed by atoms with Crippen LogP contribution in [-0.4, -0.2) is 17.7 Å². The molecule has 0 aliphatic rings. The highest BCUT2D eigenvalue weighted by molar-refractivity contribution is 5.66. The van der Waals surface area contributed by atoms with E-state index in [0.717, 1.165) is 57.3 Å². The third-order valence-corrected chi connectivity index (χ3v) is 4.25. The summed E-state index contributed by atoms with van der Waals surface area (Å²) >= 11 is 0. The largest absolute Gasteiger partial charge is 0.494 e. The number of carbonyl (C=O) groups is 1. The van der Waals surface area contributed by atoms with Crippen molar-refractivity contribution in [1.29, 1.82) is 0 Å². The Morgan fingerprint density at radius 3 is 2.12 bits per heavy atom. The Bertz CT molecular complexity index is 605. The molecule has 0 aromatic heterocycles. The van der Waals surface area contributed by atoms with Crippen LogP contribution < -0.4 is 4.74 Å². The summed E-state index contributed by atoms with van der Waals surface area (Å²) in [7, 11) is 0. The molecule has 0 unspecified atom stereocenters. The summed E-state index contributed by atoms with van der Waals surface area (Å²) in [6.07, 6.45) is 7.36. The van der Waals surface area contributed by atoms with Crippen molar-refractivity contribution in [2.24, 2.45) is 0 Å². The van der Waals surface area contributed by atoms with Gasteiger partial charge in [-0.1, -0.05) is 55.3 Å². The molecule has 2 rings (SSSR count). The highest BCUT2D eigenvalue weighted by Gasteiger charge is 1.99. The number of hydrogen-bond acceptors (Lipinski definition) is 2. The normalized spacial score (nSPS) is 10.6. The molecule has 2 aromatic rings. The molecule has 0 fully saturated rings. The highest BCUT2D eigenvalue weighted by Crippen LogP contribution is 2.15. The number of ether oxygens (including phenoxy) is 1. The standard InChI is InChI=1S/C22H28O3/c23-22(24)13-7-2-1-4-11-20-14-16-21(17-15-20)25-18-8-12-19-9-5-3-6-10-19/h3,5-6,9-10,14-17H,1-2,4,7-8,11-13,18H2,(H,23,24). The van der Waals surface area contributed by atoms with Crippen molar-refractivity contribution in [2.75, 3.05) is 6.61 Å². The quantitative estimate of drug-likeness (QED) is 0.535. The van der Waals surface area contributed by atoms with Gasteiger partial charge < -0.3 is 9.84 Å². The summed E-state index contributed by atoms with van der Waals surface area (Å²) in [6.45, 7) is 0.734. The van der Waals surface area contributed by atoms with E-state index in [2.05, 4.69) is 36.4 Å². The fraction of sp³-hybridized carbons (Fsp3) is 0.409. The van der Waals surface area contributed by atoms with Gasteiger partial charge >= 0.3 is 5.97 Å². The smallest absolute Gasteiger partial charge is 0.303 e. The fourth-order valence-corrected chi connectivity index (χ4v) is 2.82. The zero-order valence-corrected chi connectivity index (χ0v) is 14.8. The second-order valence-electron chi connectivity index (χ2n) is 6.39. The van der Waals surface area contributed by atoms with Crippen LogP contribution in [0.25, 0.3) is 0 Å². The first-order valence-corrected chi connectivity index (χ1v) is 9.21. The zero-order chi connectivity index (χ0) is 17.7. The van der Waals surface area contributed by atoms with Crippen LogP contribution in [0.1, 0.15) is 49.7 Å². The predicted octanol–water partition coefficient (Wildman–Crippen LogP) is 5.28. The van der Waals surface area contributed by atoms with E-state index in [1.54, 1.807) is 0 Å². The molecule has 0 saturated heterocycles. The molecule has 0 aliphatic heterocycles. The van der Waals surface area contributed by atoms with Crippen molar-refractivity contribution in [3.63, 3.8) is 0 Å². The fourth-order valence-electron chi connectivity index (χ4n) is 2.82. The third-order valence-electron chi connectivity index (χ3n) is 4.25. The van der Waals surface area contributed by atoms with E-state index in [1.807, 2.05) is 18.2 Å². The van der Waals surface area contributed by atoms with E-state index in [0.29, 0.717) is 0 Å². The van der Waals surface area contributed by atoms with Crippen molar-refractivity contribution in [3.05, 3.63) is 65.7 Å². The summed E-state index contributed by atoms with van der Waals surface area (Å²) in [5, 5.41) is 8.60. The van der Waals surface area contributed by atoms with Gasteiger partial charge in [-0.05, 0) is 55.4 Å². The molecule has 0 aliphatic carbocycles. The highest BCUT2D eigenvalue weighted by atomic mass is 16.5. The summed E-state index contributed by atoms with van der Waals surface area (Å²) in [4.78, 5) is 10.4. The summed E-state index contributed by atoms with van der Waals surface area (Å²) in [5.74, 6) is 0.234. The van der Waals surface area contributed by atoms with E-state index in [9.17, 15) is 4.79 Å². The maximum absolute atomic E-state index is 10.4. The summed E-state index contributed by atoms with van der Waals surface area (Å²) < 4.78 is 5.81. The molecule has 1 N–H and O–H groups in total. The van der Waals surface area contributed by atoms with E-state index < -0.39 is 5.97 Å². The Morgan fingerprint density at radius 2 is 1.40 bits per heavy atom. The van der Waals surface area contributed by atoms with Crippen LogP contribution in [0.3, 0.4) is 0 Å². The summed E-state index contributed by atoms with van der Waals surface area (Å²) in [6, 6.07) is 18.8. The third kappa shape index (κ3) is 8.39. The number of aliphatic carboxylic acids is 1. The molecule has 0 saturated carbocycles. The van der Waals surface area contributed by atoms with Crippen LogP contribution in [0.5, 0.6) is 5.75 Å². The lowest BCUT2D eigenvalue weighted by Crippen LogP contribution is -1.99. The Hall–Kier alpha value is -2.29. The monoisotopic (exact) mass is 340 g/mol. The zero-order valence-electron chi connectivity index (χ0n) is 14.8. The lowest BCUT2D eigenvalue weighted by atomic mass is 10.1. The maximum Gasteiger partial charge on any atom is 0.303 e. The molecule has 0 bridgehead atoms. The molecular weight excluding hydrogens is 312 g/mol. The molecule has 25 heavy (non-hydrogen) atoms. The number of aryl methyl sites for hydroxylation is 2. The first-order chi connectivity index (χ1) is 12.2. The molecule has 0 heterocycles. The van der Waals surface area contributed by atoms with Gasteiger partial charge in [0, 0.05) is 6.42 Å². The van der Waals surface area contributed by atoms with Gasteiger partial charge in [0.25, 0.3) is 0 Å². The predicted molar refractivity (Wildman–Crippen MR) is 101 cm³/mol. The van der Waals surface area contributed by atoms with Crippen LogP contribution in [0.15, 0.2) is 54.6 Å². The molecule has 0 amide bonds. The minimum atomic E-state index is -0.695. The van der Waals surface area contributed by atoms with Crippen LogP contribution >= 0.6 is 0 Å². The number of carboxylic acids is 1. The van der Waals surface area contributed by atoms with E-state index >= 15 is 0 Å². The van der Waals surface area contributed by atoms with Crippen LogP contribution in [0.2, 0.25) is 0 Å². The molecule has 0 radical (unpaired) electrons. The van der Waals surface area contributed by atoms with Crippen LogP contribution in [-0.2, 0) is 17.6 Å². The number of benzene rings is 2. The van der Waals surface area contributed by atoms with Crippen molar-refractivity contribution < 1.29 is 14.6 Å². The Labute approximate surface area is 150 Å². The summed E-state index contributed by atoms with van der Waals surface area (Å²) in [5.41, 5.74) is 2.67. The molecule has 3 heteroatoms. The van der Waals surface area contributed by atoms with Gasteiger partial charge in [0.2, 0.25) is 0 Å². The molecular formula is C22H28O3. The molecule has 3 nitrogen and oxygen atoms in total.